The zero-order chi connectivity index (χ0) is 24.9. The molecule has 1 N–H and O–H groups in total. The van der Waals surface area contributed by atoms with Crippen molar-refractivity contribution in [3.63, 3.8) is 0 Å². The highest BCUT2D eigenvalue weighted by Gasteiger charge is 2.29. The van der Waals surface area contributed by atoms with Gasteiger partial charge in [0.1, 0.15) is 23.2 Å². The Morgan fingerprint density at radius 3 is 2.29 bits per heavy atom. The van der Waals surface area contributed by atoms with Crippen LogP contribution in [0.4, 0.5) is 13.2 Å². The molecule has 0 bridgehead atoms. The van der Waals surface area contributed by atoms with Gasteiger partial charge in [-0.3, -0.25) is 4.98 Å². The largest absolute Gasteiger partial charge is 0.497 e. The van der Waals surface area contributed by atoms with Crippen LogP contribution in [-0.4, -0.2) is 48.8 Å². The molecule has 3 rings (SSSR count). The molecule has 3 aromatic rings. The number of rotatable bonds is 9. The summed E-state index contributed by atoms with van der Waals surface area (Å²) in [4.78, 5) is 4.22. The molecule has 0 unspecified atom stereocenters. The van der Waals surface area contributed by atoms with Crippen molar-refractivity contribution in [3.8, 4) is 11.5 Å². The summed E-state index contributed by atoms with van der Waals surface area (Å²) in [6.45, 7) is 4.48. The van der Waals surface area contributed by atoms with E-state index in [2.05, 4.69) is 20.0 Å². The number of halogens is 3. The number of nitrogens with zero attached hydrogens (tertiary/aromatic N) is 4. The number of hydrogen-bond donors (Lipinski definition) is 1. The third-order valence-corrected chi connectivity index (χ3v) is 6.16. The van der Waals surface area contributed by atoms with E-state index in [1.165, 1.54) is 18.3 Å². The standard InChI is InChI=1S/C22H26F3N5O3S/c1-21(2,3)34(31)28-20(18-10-9-17(11-26-18)33-14-22(23,24)25)19-13-30(29-27-19)12-15-5-7-16(32-4)8-6-15/h5-11,13,20,28H,12,14H2,1-4H3/t20-,34+/m0/s1. The monoisotopic (exact) mass is 497 g/mol. The minimum absolute atomic E-state index is 0.0278. The molecule has 184 valence electrons. The summed E-state index contributed by atoms with van der Waals surface area (Å²) < 4.78 is 64.0. The molecule has 2 heterocycles. The number of hydrogen-bond acceptors (Lipinski definition) is 6. The quantitative estimate of drug-likeness (QED) is 0.484. The predicted octanol–water partition coefficient (Wildman–Crippen LogP) is 3.81. The number of nitrogens with one attached hydrogen (secondary N) is 1. The van der Waals surface area contributed by atoms with Gasteiger partial charge in [-0.25, -0.2) is 13.6 Å². The van der Waals surface area contributed by atoms with Crippen molar-refractivity contribution in [2.45, 2.75) is 44.3 Å². The van der Waals surface area contributed by atoms with Crippen LogP contribution in [0.25, 0.3) is 0 Å². The maximum absolute atomic E-state index is 12.8. The molecule has 0 aliphatic carbocycles. The number of benzene rings is 1. The summed E-state index contributed by atoms with van der Waals surface area (Å²) in [5.74, 6) is 0.714. The van der Waals surface area contributed by atoms with Crippen molar-refractivity contribution in [2.24, 2.45) is 0 Å². The van der Waals surface area contributed by atoms with Crippen LogP contribution in [0.1, 0.15) is 43.8 Å². The molecule has 0 aliphatic heterocycles. The Balaban J connectivity index is 1.82. The fourth-order valence-electron chi connectivity index (χ4n) is 2.81. The maximum atomic E-state index is 12.8. The highest BCUT2D eigenvalue weighted by molar-refractivity contribution is 7.84. The fraction of sp³-hybridized carbons (Fsp3) is 0.409. The first-order valence-electron chi connectivity index (χ1n) is 10.3. The van der Waals surface area contributed by atoms with E-state index in [1.54, 1.807) is 18.0 Å². The molecule has 1 aromatic carbocycles. The van der Waals surface area contributed by atoms with E-state index in [0.717, 1.165) is 11.3 Å². The lowest BCUT2D eigenvalue weighted by molar-refractivity contribution is -0.153. The smallest absolute Gasteiger partial charge is 0.422 e. The molecule has 0 aliphatic rings. The molecular formula is C22H26F3N5O3S. The number of ether oxygens (including phenoxy) is 2. The first-order valence-corrected chi connectivity index (χ1v) is 11.5. The van der Waals surface area contributed by atoms with Crippen LogP contribution < -0.4 is 14.2 Å². The lowest BCUT2D eigenvalue weighted by Crippen LogP contribution is -2.36. The van der Waals surface area contributed by atoms with Gasteiger partial charge in [-0.05, 0) is 50.6 Å². The summed E-state index contributed by atoms with van der Waals surface area (Å²) in [6.07, 6.45) is -1.55. The first-order chi connectivity index (χ1) is 15.9. The molecular weight excluding hydrogens is 471 g/mol. The van der Waals surface area contributed by atoms with Crippen molar-refractivity contribution in [2.75, 3.05) is 13.7 Å². The minimum atomic E-state index is -4.45. The molecule has 8 nitrogen and oxygen atoms in total. The SMILES string of the molecule is COc1ccc(Cn2cc([C@@H](N[S@](=O)C(C)(C)C)c3ccc(OCC(F)(F)F)cn3)nn2)cc1. The Labute approximate surface area is 198 Å². The van der Waals surface area contributed by atoms with Gasteiger partial charge in [0, 0.05) is 0 Å². The van der Waals surface area contributed by atoms with E-state index in [4.69, 9.17) is 9.47 Å². The number of aromatic nitrogens is 4. The molecule has 34 heavy (non-hydrogen) atoms. The van der Waals surface area contributed by atoms with Gasteiger partial charge in [0.15, 0.2) is 6.61 Å². The van der Waals surface area contributed by atoms with Crippen LogP contribution >= 0.6 is 0 Å². The summed E-state index contributed by atoms with van der Waals surface area (Å²) in [6, 6.07) is 9.68. The highest BCUT2D eigenvalue weighted by atomic mass is 32.2. The third kappa shape index (κ3) is 7.26. The average molecular weight is 498 g/mol. The lowest BCUT2D eigenvalue weighted by Gasteiger charge is -2.23. The van der Waals surface area contributed by atoms with Gasteiger partial charge in [0.05, 0.1) is 47.5 Å². The van der Waals surface area contributed by atoms with Crippen LogP contribution in [0.2, 0.25) is 0 Å². The maximum Gasteiger partial charge on any atom is 0.422 e. The van der Waals surface area contributed by atoms with E-state index in [-0.39, 0.29) is 5.75 Å². The normalized spacial score (nSPS) is 14.0. The zero-order valence-corrected chi connectivity index (χ0v) is 20.0. The minimum Gasteiger partial charge on any atom is -0.497 e. The molecule has 0 radical (unpaired) electrons. The Morgan fingerprint density at radius 2 is 1.74 bits per heavy atom. The van der Waals surface area contributed by atoms with E-state index < -0.39 is 34.6 Å². The van der Waals surface area contributed by atoms with Crippen LogP contribution in [0, 0.1) is 0 Å². The van der Waals surface area contributed by atoms with Gasteiger partial charge in [0.25, 0.3) is 0 Å². The predicted molar refractivity (Wildman–Crippen MR) is 121 cm³/mol. The highest BCUT2D eigenvalue weighted by Crippen LogP contribution is 2.24. The fourth-order valence-corrected chi connectivity index (χ4v) is 3.62. The van der Waals surface area contributed by atoms with Crippen molar-refractivity contribution in [3.05, 3.63) is 65.7 Å². The van der Waals surface area contributed by atoms with Gasteiger partial charge in [0.2, 0.25) is 0 Å². The lowest BCUT2D eigenvalue weighted by atomic mass is 10.1. The summed E-state index contributed by atoms with van der Waals surface area (Å²) in [5.41, 5.74) is 1.85. The van der Waals surface area contributed by atoms with E-state index in [1.807, 2.05) is 45.0 Å². The van der Waals surface area contributed by atoms with Crippen LogP contribution in [0.3, 0.4) is 0 Å². The molecule has 0 fully saturated rings. The van der Waals surface area contributed by atoms with Crippen LogP contribution in [0.5, 0.6) is 11.5 Å². The van der Waals surface area contributed by atoms with Crippen molar-refractivity contribution in [1.82, 2.24) is 24.7 Å². The van der Waals surface area contributed by atoms with Crippen molar-refractivity contribution < 1.29 is 26.9 Å². The molecule has 2 atom stereocenters. The number of methoxy groups -OCH3 is 1. The molecule has 2 aromatic heterocycles. The second-order valence-electron chi connectivity index (χ2n) is 8.44. The van der Waals surface area contributed by atoms with Gasteiger partial charge >= 0.3 is 6.18 Å². The van der Waals surface area contributed by atoms with Gasteiger partial charge in [-0.1, -0.05) is 17.3 Å². The third-order valence-electron chi connectivity index (χ3n) is 4.59. The number of pyridine rings is 1. The van der Waals surface area contributed by atoms with Crippen molar-refractivity contribution >= 4 is 11.0 Å². The second-order valence-corrected chi connectivity index (χ2v) is 10.4. The Kier molecular flexibility index (Phi) is 7.93. The van der Waals surface area contributed by atoms with Gasteiger partial charge in [-0.2, -0.15) is 13.2 Å². The van der Waals surface area contributed by atoms with E-state index >= 15 is 0 Å². The molecule has 0 saturated heterocycles. The number of alkyl halides is 3. The summed E-state index contributed by atoms with van der Waals surface area (Å²) in [5, 5.41) is 8.38. The zero-order valence-electron chi connectivity index (χ0n) is 19.2. The van der Waals surface area contributed by atoms with Crippen LogP contribution in [-0.2, 0) is 17.5 Å². The average Bonchev–Trinajstić information content (AvgIpc) is 3.24. The van der Waals surface area contributed by atoms with Gasteiger partial charge in [-0.15, -0.1) is 5.10 Å². The molecule has 0 amide bonds. The van der Waals surface area contributed by atoms with E-state index in [0.29, 0.717) is 17.9 Å². The van der Waals surface area contributed by atoms with Crippen LogP contribution in [0.15, 0.2) is 48.8 Å². The van der Waals surface area contributed by atoms with Gasteiger partial charge < -0.3 is 9.47 Å². The summed E-state index contributed by atoms with van der Waals surface area (Å²) >= 11 is 0. The first kappa shape index (κ1) is 25.6. The molecule has 0 saturated carbocycles. The topological polar surface area (TPSA) is 91.2 Å². The molecule has 12 heteroatoms. The second kappa shape index (κ2) is 10.5. The summed E-state index contributed by atoms with van der Waals surface area (Å²) in [7, 11) is 0.111. The Bertz CT molecular complexity index is 1100. The van der Waals surface area contributed by atoms with Crippen molar-refractivity contribution in [1.29, 1.82) is 0 Å². The Morgan fingerprint density at radius 1 is 1.06 bits per heavy atom. The Hall–Kier alpha value is -2.99. The van der Waals surface area contributed by atoms with E-state index in [9.17, 15) is 17.4 Å². The molecule has 0 spiro atoms.